The molecule has 0 aliphatic rings. The van der Waals surface area contributed by atoms with E-state index in [0.29, 0.717) is 5.56 Å². The highest BCUT2D eigenvalue weighted by Gasteiger charge is 2.34. The predicted octanol–water partition coefficient (Wildman–Crippen LogP) is 4.90. The van der Waals surface area contributed by atoms with Gasteiger partial charge in [0.15, 0.2) is 0 Å². The number of halogens is 3. The standard InChI is InChI=1S/C20H16F3NO2S/c21-20(22,23)16-5-2-1-4-15(16)19(26)24-12-17(25)13-7-9-14(10-8-13)18-6-3-11-27-18/h1-11,17,25H,12H2,(H,24,26). The summed E-state index contributed by atoms with van der Waals surface area (Å²) in [4.78, 5) is 13.2. The number of alkyl halides is 3. The van der Waals surface area contributed by atoms with Gasteiger partial charge in [0, 0.05) is 11.4 Å². The Balaban J connectivity index is 1.66. The van der Waals surface area contributed by atoms with Crippen LogP contribution in [0.15, 0.2) is 66.0 Å². The Bertz CT molecular complexity index is 906. The lowest BCUT2D eigenvalue weighted by Crippen LogP contribution is -2.30. The number of nitrogens with one attached hydrogen (secondary N) is 1. The minimum Gasteiger partial charge on any atom is -0.387 e. The van der Waals surface area contributed by atoms with Crippen molar-refractivity contribution in [2.45, 2.75) is 12.3 Å². The van der Waals surface area contributed by atoms with E-state index in [-0.39, 0.29) is 6.54 Å². The van der Waals surface area contributed by atoms with E-state index in [0.717, 1.165) is 22.6 Å². The molecular weight excluding hydrogens is 375 g/mol. The zero-order valence-corrected chi connectivity index (χ0v) is 14.8. The van der Waals surface area contributed by atoms with E-state index in [9.17, 15) is 23.1 Å². The molecule has 3 aromatic rings. The molecule has 0 aliphatic carbocycles. The van der Waals surface area contributed by atoms with Gasteiger partial charge in [-0.2, -0.15) is 13.2 Å². The lowest BCUT2D eigenvalue weighted by molar-refractivity contribution is -0.137. The van der Waals surface area contributed by atoms with Crippen molar-refractivity contribution in [3.8, 4) is 10.4 Å². The second-order valence-corrected chi connectivity index (χ2v) is 6.82. The Morgan fingerprint density at radius 2 is 1.74 bits per heavy atom. The van der Waals surface area contributed by atoms with E-state index < -0.39 is 29.3 Å². The molecule has 1 atom stereocenters. The molecule has 0 saturated heterocycles. The number of aliphatic hydroxyl groups excluding tert-OH is 1. The second kappa shape index (κ2) is 7.94. The van der Waals surface area contributed by atoms with Crippen molar-refractivity contribution in [3.05, 3.63) is 82.7 Å². The molecule has 0 fully saturated rings. The molecule has 2 N–H and O–H groups in total. The summed E-state index contributed by atoms with van der Waals surface area (Å²) in [6.07, 6.45) is -5.64. The topological polar surface area (TPSA) is 49.3 Å². The first-order chi connectivity index (χ1) is 12.9. The molecule has 0 saturated carbocycles. The summed E-state index contributed by atoms with van der Waals surface area (Å²) in [6, 6.07) is 15.6. The number of hydrogen-bond donors (Lipinski definition) is 2. The van der Waals surface area contributed by atoms with Gasteiger partial charge in [-0.05, 0) is 34.7 Å². The van der Waals surface area contributed by atoms with Crippen LogP contribution in [-0.2, 0) is 6.18 Å². The largest absolute Gasteiger partial charge is 0.417 e. The summed E-state index contributed by atoms with van der Waals surface area (Å²) in [5.74, 6) is -0.878. The van der Waals surface area contributed by atoms with Crippen LogP contribution in [0.2, 0.25) is 0 Å². The Morgan fingerprint density at radius 1 is 1.04 bits per heavy atom. The molecule has 140 valence electrons. The van der Waals surface area contributed by atoms with Gasteiger partial charge in [0.25, 0.3) is 5.91 Å². The van der Waals surface area contributed by atoms with Gasteiger partial charge >= 0.3 is 6.18 Å². The normalized spacial score (nSPS) is 12.6. The van der Waals surface area contributed by atoms with Crippen molar-refractivity contribution in [3.63, 3.8) is 0 Å². The smallest absolute Gasteiger partial charge is 0.387 e. The molecule has 7 heteroatoms. The zero-order valence-electron chi connectivity index (χ0n) is 14.0. The summed E-state index contributed by atoms with van der Waals surface area (Å²) in [7, 11) is 0. The van der Waals surface area contributed by atoms with Crippen molar-refractivity contribution in [2.24, 2.45) is 0 Å². The first-order valence-corrected chi connectivity index (χ1v) is 9.00. The molecule has 27 heavy (non-hydrogen) atoms. The molecule has 3 rings (SSSR count). The fraction of sp³-hybridized carbons (Fsp3) is 0.150. The molecule has 1 heterocycles. The maximum Gasteiger partial charge on any atom is 0.417 e. The Labute approximate surface area is 158 Å². The Morgan fingerprint density at radius 3 is 2.37 bits per heavy atom. The number of amides is 1. The van der Waals surface area contributed by atoms with Crippen LogP contribution in [0.3, 0.4) is 0 Å². The first kappa shape index (κ1) is 19.1. The molecule has 0 aliphatic heterocycles. The lowest BCUT2D eigenvalue weighted by Gasteiger charge is -2.15. The highest BCUT2D eigenvalue weighted by Crippen LogP contribution is 2.32. The van der Waals surface area contributed by atoms with E-state index in [1.807, 2.05) is 29.6 Å². The monoisotopic (exact) mass is 391 g/mol. The minimum atomic E-state index is -4.62. The van der Waals surface area contributed by atoms with E-state index in [4.69, 9.17) is 0 Å². The summed E-state index contributed by atoms with van der Waals surface area (Å²) in [6.45, 7) is -0.191. The summed E-state index contributed by atoms with van der Waals surface area (Å²) in [5.41, 5.74) is 0.103. The Hall–Kier alpha value is -2.64. The van der Waals surface area contributed by atoms with Gasteiger partial charge in [-0.15, -0.1) is 11.3 Å². The third-order valence-corrected chi connectivity index (χ3v) is 4.95. The van der Waals surface area contributed by atoms with Crippen LogP contribution in [0.5, 0.6) is 0 Å². The van der Waals surface area contributed by atoms with Crippen molar-refractivity contribution >= 4 is 17.2 Å². The van der Waals surface area contributed by atoms with Gasteiger partial charge in [-0.3, -0.25) is 4.79 Å². The summed E-state index contributed by atoms with van der Waals surface area (Å²) in [5, 5.41) is 14.6. The maximum absolute atomic E-state index is 13.0. The van der Waals surface area contributed by atoms with Crippen LogP contribution in [-0.4, -0.2) is 17.6 Å². The summed E-state index contributed by atoms with van der Waals surface area (Å²) >= 11 is 1.59. The van der Waals surface area contributed by atoms with Gasteiger partial charge in [-0.1, -0.05) is 42.5 Å². The highest BCUT2D eigenvalue weighted by molar-refractivity contribution is 7.13. The average molecular weight is 391 g/mol. The van der Waals surface area contributed by atoms with Gasteiger partial charge < -0.3 is 10.4 Å². The quantitative estimate of drug-likeness (QED) is 0.650. The maximum atomic E-state index is 13.0. The van der Waals surface area contributed by atoms with Crippen LogP contribution in [0.4, 0.5) is 13.2 Å². The molecule has 1 amide bonds. The fourth-order valence-corrected chi connectivity index (χ4v) is 3.38. The number of hydrogen-bond acceptors (Lipinski definition) is 3. The average Bonchev–Trinajstić information content (AvgIpc) is 3.20. The van der Waals surface area contributed by atoms with Crippen LogP contribution in [0, 0.1) is 0 Å². The number of carbonyl (C=O) groups is 1. The zero-order chi connectivity index (χ0) is 19.4. The first-order valence-electron chi connectivity index (χ1n) is 8.12. The third kappa shape index (κ3) is 4.56. The van der Waals surface area contributed by atoms with Crippen molar-refractivity contribution < 1.29 is 23.1 Å². The molecule has 0 radical (unpaired) electrons. The van der Waals surface area contributed by atoms with Crippen LogP contribution in [0.25, 0.3) is 10.4 Å². The Kier molecular flexibility index (Phi) is 5.62. The van der Waals surface area contributed by atoms with Gasteiger partial charge in [-0.25, -0.2) is 0 Å². The number of aliphatic hydroxyl groups is 1. The summed E-state index contributed by atoms with van der Waals surface area (Å²) < 4.78 is 39.0. The third-order valence-electron chi connectivity index (χ3n) is 4.03. The minimum absolute atomic E-state index is 0.191. The van der Waals surface area contributed by atoms with Gasteiger partial charge in [0.1, 0.15) is 0 Å². The van der Waals surface area contributed by atoms with Gasteiger partial charge in [0.05, 0.1) is 17.2 Å². The van der Waals surface area contributed by atoms with Crippen LogP contribution < -0.4 is 5.32 Å². The molecule has 0 bridgehead atoms. The van der Waals surface area contributed by atoms with E-state index >= 15 is 0 Å². The number of thiophene rings is 1. The van der Waals surface area contributed by atoms with E-state index in [1.54, 1.807) is 23.5 Å². The molecule has 0 spiro atoms. The van der Waals surface area contributed by atoms with E-state index in [1.165, 1.54) is 12.1 Å². The SMILES string of the molecule is O=C(NCC(O)c1ccc(-c2cccs2)cc1)c1ccccc1C(F)(F)F. The van der Waals surface area contributed by atoms with Crippen LogP contribution in [0.1, 0.15) is 27.6 Å². The number of carbonyl (C=O) groups excluding carboxylic acids is 1. The lowest BCUT2D eigenvalue weighted by atomic mass is 10.0. The molecule has 2 aromatic carbocycles. The van der Waals surface area contributed by atoms with Crippen molar-refractivity contribution in [2.75, 3.05) is 6.54 Å². The second-order valence-electron chi connectivity index (χ2n) is 5.87. The molecule has 3 nitrogen and oxygen atoms in total. The van der Waals surface area contributed by atoms with Crippen molar-refractivity contribution in [1.82, 2.24) is 5.32 Å². The van der Waals surface area contributed by atoms with Gasteiger partial charge in [0.2, 0.25) is 0 Å². The number of benzene rings is 2. The van der Waals surface area contributed by atoms with Crippen LogP contribution >= 0.6 is 11.3 Å². The van der Waals surface area contributed by atoms with Crippen molar-refractivity contribution in [1.29, 1.82) is 0 Å². The fourth-order valence-electron chi connectivity index (χ4n) is 2.64. The highest BCUT2D eigenvalue weighted by atomic mass is 32.1. The molecular formula is C20H16F3NO2S. The molecule has 1 aromatic heterocycles. The molecule has 1 unspecified atom stereocenters. The predicted molar refractivity (Wildman–Crippen MR) is 98.5 cm³/mol. The number of rotatable bonds is 5. The van der Waals surface area contributed by atoms with E-state index in [2.05, 4.69) is 5.32 Å².